The molecule has 18 heavy (non-hydrogen) atoms. The monoisotopic (exact) mass is 288 g/mol. The average Bonchev–Trinajstić information content (AvgIpc) is 3.07. The van der Waals surface area contributed by atoms with E-state index in [-0.39, 0.29) is 6.04 Å². The van der Waals surface area contributed by atoms with Gasteiger partial charge >= 0.3 is 0 Å². The maximum atomic E-state index is 12.4. The predicted octanol–water partition coefficient (Wildman–Crippen LogP) is 2.03. The predicted molar refractivity (Wildman–Crippen MR) is 74.3 cm³/mol. The third-order valence-electron chi connectivity index (χ3n) is 3.14. The molecule has 1 aliphatic rings. The number of hydrogen-bond donors (Lipinski definition) is 1. The largest absolute Gasteiger partial charge is 0.312 e. The minimum Gasteiger partial charge on any atom is -0.312 e. The molecule has 1 saturated carbocycles. The van der Waals surface area contributed by atoms with E-state index in [1.165, 1.54) is 15.6 Å². The Hall–Kier alpha value is -0.430. The van der Waals surface area contributed by atoms with Crippen molar-refractivity contribution in [3.63, 3.8) is 0 Å². The molecular formula is C12H20N2O2S2. The van der Waals surface area contributed by atoms with Crippen LogP contribution in [-0.2, 0) is 16.6 Å². The van der Waals surface area contributed by atoms with Crippen LogP contribution in [0.5, 0.6) is 0 Å². The lowest BCUT2D eigenvalue weighted by Gasteiger charge is -2.16. The molecule has 1 aliphatic carbocycles. The summed E-state index contributed by atoms with van der Waals surface area (Å²) < 4.78 is 26.4. The zero-order valence-corrected chi connectivity index (χ0v) is 12.5. The highest BCUT2D eigenvalue weighted by atomic mass is 32.2. The van der Waals surface area contributed by atoms with Gasteiger partial charge in [-0.3, -0.25) is 0 Å². The topological polar surface area (TPSA) is 49.4 Å². The summed E-state index contributed by atoms with van der Waals surface area (Å²) in [4.78, 5) is 1.39. The van der Waals surface area contributed by atoms with Gasteiger partial charge in [0.2, 0.25) is 10.0 Å². The zero-order chi connectivity index (χ0) is 13.2. The van der Waals surface area contributed by atoms with Crippen molar-refractivity contribution in [1.29, 1.82) is 0 Å². The van der Waals surface area contributed by atoms with E-state index in [1.807, 2.05) is 5.38 Å². The molecule has 4 nitrogen and oxygen atoms in total. The maximum absolute atomic E-state index is 12.4. The summed E-state index contributed by atoms with van der Waals surface area (Å²) in [7, 11) is -1.61. The Bertz CT molecular complexity index is 492. The molecule has 1 aromatic heterocycles. The van der Waals surface area contributed by atoms with Crippen molar-refractivity contribution in [2.75, 3.05) is 13.6 Å². The first kappa shape index (κ1) is 14.0. The van der Waals surface area contributed by atoms with Crippen molar-refractivity contribution in [3.8, 4) is 0 Å². The lowest BCUT2D eigenvalue weighted by atomic mass is 10.4. The Kier molecular flexibility index (Phi) is 4.42. The van der Waals surface area contributed by atoms with Gasteiger partial charge in [0.1, 0.15) is 0 Å². The second kappa shape index (κ2) is 5.69. The van der Waals surface area contributed by atoms with E-state index in [9.17, 15) is 8.42 Å². The summed E-state index contributed by atoms with van der Waals surface area (Å²) in [6, 6.07) is 1.94. The fourth-order valence-electron chi connectivity index (χ4n) is 1.86. The molecular weight excluding hydrogens is 268 g/mol. The van der Waals surface area contributed by atoms with Crippen molar-refractivity contribution in [2.24, 2.45) is 0 Å². The van der Waals surface area contributed by atoms with Crippen LogP contribution in [0, 0.1) is 0 Å². The van der Waals surface area contributed by atoms with Crippen molar-refractivity contribution < 1.29 is 8.42 Å². The van der Waals surface area contributed by atoms with E-state index < -0.39 is 10.0 Å². The molecule has 1 aromatic rings. The van der Waals surface area contributed by atoms with E-state index in [2.05, 4.69) is 12.2 Å². The van der Waals surface area contributed by atoms with Gasteiger partial charge in [-0.2, -0.15) is 4.31 Å². The average molecular weight is 288 g/mol. The van der Waals surface area contributed by atoms with Crippen LogP contribution < -0.4 is 5.32 Å². The summed E-state index contributed by atoms with van der Waals surface area (Å²) in [5, 5.41) is 5.12. The molecule has 0 radical (unpaired) electrons. The first-order valence-corrected chi connectivity index (χ1v) is 8.64. The molecule has 2 rings (SSSR count). The van der Waals surface area contributed by atoms with Crippen LogP contribution in [0.2, 0.25) is 0 Å². The molecule has 0 atom stereocenters. The van der Waals surface area contributed by atoms with Gasteiger partial charge in [-0.25, -0.2) is 8.42 Å². The van der Waals surface area contributed by atoms with Crippen LogP contribution in [-0.4, -0.2) is 32.4 Å². The van der Waals surface area contributed by atoms with Crippen LogP contribution in [0.25, 0.3) is 0 Å². The Morgan fingerprint density at radius 3 is 2.83 bits per heavy atom. The SMILES string of the molecule is CCCNCc1sccc1S(=O)(=O)N(C)C1CC1. The van der Waals surface area contributed by atoms with E-state index in [4.69, 9.17) is 0 Å². The van der Waals surface area contributed by atoms with E-state index >= 15 is 0 Å². The van der Waals surface area contributed by atoms with Gasteiger partial charge < -0.3 is 5.32 Å². The van der Waals surface area contributed by atoms with Crippen molar-refractivity contribution in [1.82, 2.24) is 9.62 Å². The van der Waals surface area contributed by atoms with E-state index in [1.54, 1.807) is 13.1 Å². The van der Waals surface area contributed by atoms with Crippen molar-refractivity contribution in [2.45, 2.75) is 43.7 Å². The Morgan fingerprint density at radius 1 is 1.50 bits per heavy atom. The minimum absolute atomic E-state index is 0.214. The molecule has 0 unspecified atom stereocenters. The molecule has 6 heteroatoms. The third-order valence-corrected chi connectivity index (χ3v) is 6.18. The maximum Gasteiger partial charge on any atom is 0.244 e. The molecule has 0 spiro atoms. The molecule has 0 bridgehead atoms. The fraction of sp³-hybridized carbons (Fsp3) is 0.667. The molecule has 0 aromatic carbocycles. The lowest BCUT2D eigenvalue weighted by Crippen LogP contribution is -2.29. The highest BCUT2D eigenvalue weighted by Gasteiger charge is 2.36. The molecule has 102 valence electrons. The van der Waals surface area contributed by atoms with Crippen molar-refractivity contribution >= 4 is 21.4 Å². The number of nitrogens with zero attached hydrogens (tertiary/aromatic N) is 1. The van der Waals surface area contributed by atoms with Gasteiger partial charge in [0, 0.05) is 24.5 Å². The summed E-state index contributed by atoms with van der Waals surface area (Å²) in [6.07, 6.45) is 3.03. The Balaban J connectivity index is 2.14. The third kappa shape index (κ3) is 2.93. The zero-order valence-electron chi connectivity index (χ0n) is 10.8. The number of thiophene rings is 1. The molecule has 0 amide bonds. The molecule has 1 N–H and O–H groups in total. The first-order chi connectivity index (χ1) is 8.57. The summed E-state index contributed by atoms with van der Waals surface area (Å²) in [6.45, 7) is 3.65. The standard InChI is InChI=1S/C12H20N2O2S2/c1-3-7-13-9-11-12(6-8-17-11)18(15,16)14(2)10-4-5-10/h6,8,10,13H,3-5,7,9H2,1-2H3. The van der Waals surface area contributed by atoms with E-state index in [0.29, 0.717) is 11.4 Å². The number of sulfonamides is 1. The van der Waals surface area contributed by atoms with Gasteiger partial charge in [0.05, 0.1) is 4.90 Å². The van der Waals surface area contributed by atoms with Gasteiger partial charge in [0.15, 0.2) is 0 Å². The molecule has 0 aliphatic heterocycles. The first-order valence-electron chi connectivity index (χ1n) is 6.32. The second-order valence-electron chi connectivity index (χ2n) is 4.64. The Morgan fingerprint density at radius 2 is 2.22 bits per heavy atom. The van der Waals surface area contributed by atoms with Crippen LogP contribution in [0.4, 0.5) is 0 Å². The quantitative estimate of drug-likeness (QED) is 0.781. The second-order valence-corrected chi connectivity index (χ2v) is 7.60. The lowest BCUT2D eigenvalue weighted by molar-refractivity contribution is 0.463. The van der Waals surface area contributed by atoms with Crippen LogP contribution in [0.1, 0.15) is 31.1 Å². The summed E-state index contributed by atoms with van der Waals surface area (Å²) >= 11 is 1.51. The molecule has 1 heterocycles. The highest BCUT2D eigenvalue weighted by Crippen LogP contribution is 2.32. The number of hydrogen-bond acceptors (Lipinski definition) is 4. The fourth-order valence-corrected chi connectivity index (χ4v) is 4.65. The van der Waals surface area contributed by atoms with Gasteiger partial charge in [-0.1, -0.05) is 6.92 Å². The van der Waals surface area contributed by atoms with Crippen molar-refractivity contribution in [3.05, 3.63) is 16.3 Å². The highest BCUT2D eigenvalue weighted by molar-refractivity contribution is 7.89. The summed E-state index contributed by atoms with van der Waals surface area (Å²) in [5.41, 5.74) is 0. The minimum atomic E-state index is -3.30. The Labute approximate surface area is 113 Å². The summed E-state index contributed by atoms with van der Waals surface area (Å²) in [5.74, 6) is 0. The van der Waals surface area contributed by atoms with Gasteiger partial charge in [-0.15, -0.1) is 11.3 Å². The number of nitrogens with one attached hydrogen (secondary N) is 1. The normalized spacial score (nSPS) is 16.4. The van der Waals surface area contributed by atoms with Gasteiger partial charge in [-0.05, 0) is 37.3 Å². The van der Waals surface area contributed by atoms with Crippen LogP contribution in [0.15, 0.2) is 16.3 Å². The van der Waals surface area contributed by atoms with Gasteiger partial charge in [0.25, 0.3) is 0 Å². The number of rotatable bonds is 7. The van der Waals surface area contributed by atoms with E-state index in [0.717, 1.165) is 30.7 Å². The molecule has 0 saturated heterocycles. The van der Waals surface area contributed by atoms with Crippen LogP contribution >= 0.6 is 11.3 Å². The smallest absolute Gasteiger partial charge is 0.244 e. The van der Waals surface area contributed by atoms with Crippen LogP contribution in [0.3, 0.4) is 0 Å². The molecule has 1 fully saturated rings.